The van der Waals surface area contributed by atoms with Crippen molar-refractivity contribution >= 4 is 11.6 Å². The molecule has 30 heavy (non-hydrogen) atoms. The Balaban J connectivity index is 1.62. The lowest BCUT2D eigenvalue weighted by atomic mass is 9.99. The number of carbonyl (C=O) groups is 1. The third-order valence-electron chi connectivity index (χ3n) is 5.72. The van der Waals surface area contributed by atoms with Crippen molar-refractivity contribution < 1.29 is 14.3 Å². The smallest absolute Gasteiger partial charge is 0.258 e. The first-order chi connectivity index (χ1) is 14.6. The van der Waals surface area contributed by atoms with E-state index in [1.807, 2.05) is 4.90 Å². The number of rotatable bonds is 6. The van der Waals surface area contributed by atoms with Crippen LogP contribution in [0.25, 0.3) is 0 Å². The second-order valence-corrected chi connectivity index (χ2v) is 7.72. The van der Waals surface area contributed by atoms with Crippen LogP contribution in [0.1, 0.15) is 32.6 Å². The van der Waals surface area contributed by atoms with Crippen molar-refractivity contribution in [2.24, 2.45) is 0 Å². The predicted octanol–water partition coefficient (Wildman–Crippen LogP) is 5.00. The molecule has 1 aliphatic rings. The molecule has 0 saturated heterocycles. The van der Waals surface area contributed by atoms with Crippen LogP contribution in [-0.2, 0) is 19.3 Å². The fourth-order valence-electron chi connectivity index (χ4n) is 4.06. The monoisotopic (exact) mass is 401 g/mol. The normalized spacial score (nSPS) is 12.6. The summed E-state index contributed by atoms with van der Waals surface area (Å²) in [6, 6.07) is 20.4. The number of para-hydroxylation sites is 1. The SMILES string of the molecule is COc1cc(OC)cc(C(=O)N2CCc3cccc(CCc4ccc(C)cc4)c32)c1. The van der Waals surface area contributed by atoms with Gasteiger partial charge in [0.2, 0.25) is 0 Å². The quantitative estimate of drug-likeness (QED) is 0.583. The van der Waals surface area contributed by atoms with Gasteiger partial charge in [-0.1, -0.05) is 48.0 Å². The van der Waals surface area contributed by atoms with Crippen molar-refractivity contribution in [1.29, 1.82) is 0 Å². The maximum atomic E-state index is 13.4. The molecule has 1 aliphatic heterocycles. The number of aryl methyl sites for hydroxylation is 3. The number of amides is 1. The Morgan fingerprint density at radius 3 is 2.30 bits per heavy atom. The van der Waals surface area contributed by atoms with Gasteiger partial charge in [-0.15, -0.1) is 0 Å². The van der Waals surface area contributed by atoms with Crippen LogP contribution in [0.5, 0.6) is 11.5 Å². The zero-order chi connectivity index (χ0) is 21.1. The van der Waals surface area contributed by atoms with Crippen molar-refractivity contribution in [2.75, 3.05) is 25.7 Å². The Labute approximate surface area is 178 Å². The number of anilines is 1. The molecule has 154 valence electrons. The number of nitrogens with zero attached hydrogens (tertiary/aromatic N) is 1. The minimum Gasteiger partial charge on any atom is -0.497 e. The Kier molecular flexibility index (Phi) is 5.75. The van der Waals surface area contributed by atoms with E-state index in [2.05, 4.69) is 49.4 Å². The van der Waals surface area contributed by atoms with Crippen LogP contribution < -0.4 is 14.4 Å². The van der Waals surface area contributed by atoms with E-state index in [4.69, 9.17) is 9.47 Å². The molecule has 1 heterocycles. The standard InChI is InChI=1S/C26H27NO3/c1-18-7-9-19(10-8-18)11-12-20-5-4-6-21-13-14-27(25(20)21)26(28)22-15-23(29-2)17-24(16-22)30-3/h4-10,15-17H,11-14H2,1-3H3. The molecule has 3 aromatic rings. The molecule has 3 aromatic carbocycles. The van der Waals surface area contributed by atoms with Gasteiger partial charge in [0.05, 0.1) is 19.9 Å². The summed E-state index contributed by atoms with van der Waals surface area (Å²) in [5, 5.41) is 0. The first-order valence-corrected chi connectivity index (χ1v) is 10.3. The molecule has 0 radical (unpaired) electrons. The molecule has 0 bridgehead atoms. The summed E-state index contributed by atoms with van der Waals surface area (Å²) >= 11 is 0. The van der Waals surface area contributed by atoms with Gasteiger partial charge in [-0.25, -0.2) is 0 Å². The van der Waals surface area contributed by atoms with Crippen LogP contribution in [0.4, 0.5) is 5.69 Å². The number of benzene rings is 3. The van der Waals surface area contributed by atoms with Crippen LogP contribution in [-0.4, -0.2) is 26.7 Å². The summed E-state index contributed by atoms with van der Waals surface area (Å²) in [6.45, 7) is 2.79. The summed E-state index contributed by atoms with van der Waals surface area (Å²) < 4.78 is 10.7. The molecule has 0 unspecified atom stereocenters. The van der Waals surface area contributed by atoms with E-state index in [0.29, 0.717) is 23.6 Å². The van der Waals surface area contributed by atoms with Gasteiger partial charge in [0.15, 0.2) is 0 Å². The lowest BCUT2D eigenvalue weighted by molar-refractivity contribution is 0.0988. The fraction of sp³-hybridized carbons (Fsp3) is 0.269. The van der Waals surface area contributed by atoms with Crippen molar-refractivity contribution in [3.05, 3.63) is 88.5 Å². The molecule has 0 atom stereocenters. The van der Waals surface area contributed by atoms with Crippen molar-refractivity contribution in [1.82, 2.24) is 0 Å². The van der Waals surface area contributed by atoms with E-state index >= 15 is 0 Å². The predicted molar refractivity (Wildman–Crippen MR) is 120 cm³/mol. The lowest BCUT2D eigenvalue weighted by Crippen LogP contribution is -2.29. The Bertz CT molecular complexity index is 1030. The minimum atomic E-state index is -0.0197. The van der Waals surface area contributed by atoms with Crippen molar-refractivity contribution in [3.63, 3.8) is 0 Å². The molecule has 0 N–H and O–H groups in total. The van der Waals surface area contributed by atoms with Crippen LogP contribution in [0.3, 0.4) is 0 Å². The molecule has 0 fully saturated rings. The van der Waals surface area contributed by atoms with Crippen LogP contribution in [0.2, 0.25) is 0 Å². The third-order valence-corrected chi connectivity index (χ3v) is 5.72. The highest BCUT2D eigenvalue weighted by atomic mass is 16.5. The highest BCUT2D eigenvalue weighted by molar-refractivity contribution is 6.08. The summed E-state index contributed by atoms with van der Waals surface area (Å²) in [5.74, 6) is 1.21. The molecule has 4 nitrogen and oxygen atoms in total. The molecule has 4 heteroatoms. The van der Waals surface area contributed by atoms with Gasteiger partial charge >= 0.3 is 0 Å². The molecule has 0 aliphatic carbocycles. The Morgan fingerprint density at radius 2 is 1.63 bits per heavy atom. The molecule has 4 rings (SSSR count). The summed E-state index contributed by atoms with van der Waals surface area (Å²) in [5.41, 5.74) is 6.67. The minimum absolute atomic E-state index is 0.0197. The maximum absolute atomic E-state index is 13.4. The number of ether oxygens (including phenoxy) is 2. The lowest BCUT2D eigenvalue weighted by Gasteiger charge is -2.21. The first-order valence-electron chi connectivity index (χ1n) is 10.3. The molecular weight excluding hydrogens is 374 g/mol. The van der Waals surface area contributed by atoms with Gasteiger partial charge in [-0.05, 0) is 55.0 Å². The van der Waals surface area contributed by atoms with Crippen molar-refractivity contribution in [3.8, 4) is 11.5 Å². The van der Waals surface area contributed by atoms with Gasteiger partial charge in [-0.2, -0.15) is 0 Å². The highest BCUT2D eigenvalue weighted by Gasteiger charge is 2.28. The number of methoxy groups -OCH3 is 2. The van der Waals surface area contributed by atoms with E-state index in [9.17, 15) is 4.79 Å². The second-order valence-electron chi connectivity index (χ2n) is 7.72. The van der Waals surface area contributed by atoms with Gasteiger partial charge in [-0.3, -0.25) is 4.79 Å². The zero-order valence-electron chi connectivity index (χ0n) is 17.8. The van der Waals surface area contributed by atoms with Crippen LogP contribution >= 0.6 is 0 Å². The van der Waals surface area contributed by atoms with E-state index in [1.165, 1.54) is 22.3 Å². The van der Waals surface area contributed by atoms with Gasteiger partial charge in [0.25, 0.3) is 5.91 Å². The van der Waals surface area contributed by atoms with Gasteiger partial charge in [0.1, 0.15) is 11.5 Å². The Hall–Kier alpha value is -3.27. The summed E-state index contributed by atoms with van der Waals surface area (Å²) in [4.78, 5) is 15.3. The molecule has 0 saturated carbocycles. The topological polar surface area (TPSA) is 38.8 Å². The number of carbonyl (C=O) groups excluding carboxylic acids is 1. The first kappa shape index (κ1) is 20.0. The van der Waals surface area contributed by atoms with E-state index < -0.39 is 0 Å². The zero-order valence-corrected chi connectivity index (χ0v) is 17.8. The van der Waals surface area contributed by atoms with Crippen LogP contribution in [0, 0.1) is 6.92 Å². The van der Waals surface area contributed by atoms with E-state index in [-0.39, 0.29) is 5.91 Å². The molecule has 0 aromatic heterocycles. The molecule has 0 spiro atoms. The van der Waals surface area contributed by atoms with Crippen LogP contribution in [0.15, 0.2) is 60.7 Å². The highest BCUT2D eigenvalue weighted by Crippen LogP contribution is 2.35. The van der Waals surface area contributed by atoms with Gasteiger partial charge < -0.3 is 14.4 Å². The average Bonchev–Trinajstić information content (AvgIpc) is 3.22. The summed E-state index contributed by atoms with van der Waals surface area (Å²) in [6.07, 6.45) is 2.73. The van der Waals surface area contributed by atoms with Gasteiger partial charge in [0, 0.05) is 18.2 Å². The second kappa shape index (κ2) is 8.62. The number of fused-ring (bicyclic) bond motifs is 1. The number of hydrogen-bond acceptors (Lipinski definition) is 3. The van der Waals surface area contributed by atoms with E-state index in [1.54, 1.807) is 32.4 Å². The largest absolute Gasteiger partial charge is 0.497 e. The van der Waals surface area contributed by atoms with E-state index in [0.717, 1.165) is 24.9 Å². The fourth-order valence-corrected chi connectivity index (χ4v) is 4.06. The molecular formula is C26H27NO3. The molecule has 1 amide bonds. The number of hydrogen-bond donors (Lipinski definition) is 0. The van der Waals surface area contributed by atoms with Crippen molar-refractivity contribution in [2.45, 2.75) is 26.2 Å². The summed E-state index contributed by atoms with van der Waals surface area (Å²) in [7, 11) is 3.19. The Morgan fingerprint density at radius 1 is 0.933 bits per heavy atom. The third kappa shape index (κ3) is 4.04. The average molecular weight is 402 g/mol. The maximum Gasteiger partial charge on any atom is 0.258 e.